The molecular weight excluding hydrogens is 238 g/mol. The third-order valence-corrected chi connectivity index (χ3v) is 2.44. The van der Waals surface area contributed by atoms with Crippen LogP contribution in [0.3, 0.4) is 0 Å². The lowest BCUT2D eigenvalue weighted by molar-refractivity contribution is 0.0861. The molecular formula is C11H19N3O4. The lowest BCUT2D eigenvalue weighted by atomic mass is 10.4. The molecule has 0 atom stereocenters. The normalized spacial score (nSPS) is 10.8. The van der Waals surface area contributed by atoms with Crippen molar-refractivity contribution in [3.63, 3.8) is 0 Å². The fourth-order valence-corrected chi connectivity index (χ4v) is 1.51. The number of rotatable bonds is 8. The van der Waals surface area contributed by atoms with Gasteiger partial charge in [-0.15, -0.1) is 0 Å². The van der Waals surface area contributed by atoms with Gasteiger partial charge in [0.15, 0.2) is 0 Å². The molecule has 0 spiro atoms. The van der Waals surface area contributed by atoms with Crippen molar-refractivity contribution in [1.82, 2.24) is 9.13 Å². The van der Waals surface area contributed by atoms with Gasteiger partial charge in [0.05, 0.1) is 26.4 Å². The lowest BCUT2D eigenvalue weighted by Gasteiger charge is -2.09. The van der Waals surface area contributed by atoms with Gasteiger partial charge in [-0.2, -0.15) is 0 Å². The Balaban J connectivity index is 2.74. The number of aliphatic hydroxyl groups is 1. The van der Waals surface area contributed by atoms with Crippen molar-refractivity contribution >= 4 is 0 Å². The molecule has 0 unspecified atom stereocenters. The highest BCUT2D eigenvalue weighted by Gasteiger charge is 2.04. The van der Waals surface area contributed by atoms with Crippen LogP contribution in [0.2, 0.25) is 0 Å². The first-order valence-electron chi connectivity index (χ1n) is 5.89. The minimum absolute atomic E-state index is 0.0507. The number of hydrogen-bond acceptors (Lipinski definition) is 5. The van der Waals surface area contributed by atoms with Gasteiger partial charge >= 0.3 is 5.69 Å². The fraction of sp³-hybridized carbons (Fsp3) is 0.636. The van der Waals surface area contributed by atoms with Crippen LogP contribution in [0.15, 0.2) is 21.9 Å². The second kappa shape index (κ2) is 7.80. The Morgan fingerprint density at radius 1 is 1.28 bits per heavy atom. The van der Waals surface area contributed by atoms with E-state index >= 15 is 0 Å². The topological polar surface area (TPSA) is 99.5 Å². The summed E-state index contributed by atoms with van der Waals surface area (Å²) in [6, 6.07) is 1.35. The zero-order valence-corrected chi connectivity index (χ0v) is 10.2. The average molecular weight is 257 g/mol. The van der Waals surface area contributed by atoms with E-state index in [9.17, 15) is 9.59 Å². The van der Waals surface area contributed by atoms with Gasteiger partial charge < -0.3 is 15.6 Å². The quantitative estimate of drug-likeness (QED) is 0.545. The van der Waals surface area contributed by atoms with E-state index in [4.69, 9.17) is 15.6 Å². The molecule has 1 rings (SSSR count). The zero-order chi connectivity index (χ0) is 13.4. The molecule has 1 aromatic rings. The molecule has 0 aliphatic carbocycles. The predicted octanol–water partition coefficient (Wildman–Crippen LogP) is -1.63. The largest absolute Gasteiger partial charge is 0.394 e. The predicted molar refractivity (Wildman–Crippen MR) is 66.5 cm³/mol. The molecule has 0 radical (unpaired) electrons. The van der Waals surface area contributed by atoms with Crippen LogP contribution in [0.5, 0.6) is 0 Å². The summed E-state index contributed by atoms with van der Waals surface area (Å²) in [6.45, 7) is 1.61. The molecule has 0 saturated carbocycles. The number of aromatic nitrogens is 2. The van der Waals surface area contributed by atoms with E-state index < -0.39 is 0 Å². The number of ether oxygens (including phenoxy) is 1. The van der Waals surface area contributed by atoms with Crippen molar-refractivity contribution in [3.05, 3.63) is 33.1 Å². The summed E-state index contributed by atoms with van der Waals surface area (Å²) in [5.41, 5.74) is 4.68. The fourth-order valence-electron chi connectivity index (χ4n) is 1.51. The van der Waals surface area contributed by atoms with Crippen LogP contribution < -0.4 is 17.0 Å². The summed E-state index contributed by atoms with van der Waals surface area (Å²) in [5.74, 6) is 0. The molecule has 1 heterocycles. The van der Waals surface area contributed by atoms with Gasteiger partial charge in [0, 0.05) is 18.8 Å². The van der Waals surface area contributed by atoms with Crippen LogP contribution in [-0.4, -0.2) is 40.6 Å². The minimum Gasteiger partial charge on any atom is -0.394 e. The monoisotopic (exact) mass is 257 g/mol. The van der Waals surface area contributed by atoms with E-state index in [0.29, 0.717) is 32.7 Å². The summed E-state index contributed by atoms with van der Waals surface area (Å²) >= 11 is 0. The second-order valence-electron chi connectivity index (χ2n) is 3.76. The first-order chi connectivity index (χ1) is 8.70. The Morgan fingerprint density at radius 2 is 2.06 bits per heavy atom. The van der Waals surface area contributed by atoms with E-state index in [2.05, 4.69) is 0 Å². The van der Waals surface area contributed by atoms with Gasteiger partial charge in [-0.05, 0) is 13.0 Å². The third kappa shape index (κ3) is 4.10. The molecule has 0 bridgehead atoms. The average Bonchev–Trinajstić information content (AvgIpc) is 2.37. The van der Waals surface area contributed by atoms with Crippen molar-refractivity contribution in [2.24, 2.45) is 5.73 Å². The first kappa shape index (κ1) is 14.6. The molecule has 0 aliphatic heterocycles. The molecule has 0 saturated heterocycles. The van der Waals surface area contributed by atoms with Gasteiger partial charge in [-0.1, -0.05) is 0 Å². The number of aliphatic hydroxyl groups excluding tert-OH is 1. The zero-order valence-electron chi connectivity index (χ0n) is 10.2. The van der Waals surface area contributed by atoms with Gasteiger partial charge in [0.2, 0.25) is 0 Å². The SMILES string of the molecule is NCCCn1c(=O)ccn(CCOCCO)c1=O. The van der Waals surface area contributed by atoms with Crippen LogP contribution in [0.25, 0.3) is 0 Å². The molecule has 0 amide bonds. The standard InChI is InChI=1S/C11H19N3O4/c12-3-1-4-14-10(16)2-5-13(11(14)17)6-8-18-9-7-15/h2,5,15H,1,3-4,6-9,12H2. The van der Waals surface area contributed by atoms with Gasteiger partial charge in [0.25, 0.3) is 5.56 Å². The summed E-state index contributed by atoms with van der Waals surface area (Å²) < 4.78 is 7.65. The van der Waals surface area contributed by atoms with Crippen LogP contribution >= 0.6 is 0 Å². The first-order valence-corrected chi connectivity index (χ1v) is 5.89. The lowest BCUT2D eigenvalue weighted by Crippen LogP contribution is -2.40. The van der Waals surface area contributed by atoms with Crippen molar-refractivity contribution in [1.29, 1.82) is 0 Å². The van der Waals surface area contributed by atoms with Gasteiger partial charge in [-0.3, -0.25) is 13.9 Å². The summed E-state index contributed by atoms with van der Waals surface area (Å²) in [7, 11) is 0. The van der Waals surface area contributed by atoms with Crippen molar-refractivity contribution < 1.29 is 9.84 Å². The van der Waals surface area contributed by atoms with Crippen molar-refractivity contribution in [3.8, 4) is 0 Å². The highest BCUT2D eigenvalue weighted by atomic mass is 16.5. The molecule has 3 N–H and O–H groups in total. The highest BCUT2D eigenvalue weighted by molar-refractivity contribution is 4.86. The maximum Gasteiger partial charge on any atom is 0.331 e. The molecule has 0 fully saturated rings. The number of nitrogens with zero attached hydrogens (tertiary/aromatic N) is 2. The van der Waals surface area contributed by atoms with E-state index in [1.165, 1.54) is 21.4 Å². The molecule has 7 heteroatoms. The molecule has 0 aliphatic rings. The highest BCUT2D eigenvalue weighted by Crippen LogP contribution is 1.84. The Hall–Kier alpha value is -1.44. The smallest absolute Gasteiger partial charge is 0.331 e. The Kier molecular flexibility index (Phi) is 6.34. The molecule has 18 heavy (non-hydrogen) atoms. The Bertz CT molecular complexity index is 466. The van der Waals surface area contributed by atoms with Crippen LogP contribution in [0, 0.1) is 0 Å². The van der Waals surface area contributed by atoms with E-state index in [0.717, 1.165) is 0 Å². The summed E-state index contributed by atoms with van der Waals surface area (Å²) in [5, 5.41) is 8.54. The third-order valence-electron chi connectivity index (χ3n) is 2.44. The molecule has 102 valence electrons. The van der Waals surface area contributed by atoms with Crippen molar-refractivity contribution in [2.45, 2.75) is 19.5 Å². The molecule has 1 aromatic heterocycles. The van der Waals surface area contributed by atoms with Gasteiger partial charge in [0.1, 0.15) is 0 Å². The van der Waals surface area contributed by atoms with Gasteiger partial charge in [-0.25, -0.2) is 4.79 Å². The summed E-state index contributed by atoms with van der Waals surface area (Å²) in [4.78, 5) is 23.5. The number of hydrogen-bond donors (Lipinski definition) is 2. The minimum atomic E-state index is -0.358. The van der Waals surface area contributed by atoms with Crippen molar-refractivity contribution in [2.75, 3.05) is 26.4 Å². The molecule has 0 aromatic carbocycles. The van der Waals surface area contributed by atoms with Crippen LogP contribution in [-0.2, 0) is 17.8 Å². The second-order valence-corrected chi connectivity index (χ2v) is 3.76. The maximum atomic E-state index is 11.9. The van der Waals surface area contributed by atoms with Crippen LogP contribution in [0.4, 0.5) is 0 Å². The number of nitrogens with two attached hydrogens (primary N) is 1. The van der Waals surface area contributed by atoms with E-state index in [-0.39, 0.29) is 24.5 Å². The van der Waals surface area contributed by atoms with E-state index in [1.807, 2.05) is 0 Å². The maximum absolute atomic E-state index is 11.9. The van der Waals surface area contributed by atoms with E-state index in [1.54, 1.807) is 0 Å². The summed E-state index contributed by atoms with van der Waals surface area (Å²) in [6.07, 6.45) is 2.03. The molecule has 7 nitrogen and oxygen atoms in total. The Morgan fingerprint density at radius 3 is 2.72 bits per heavy atom. The van der Waals surface area contributed by atoms with Crippen LogP contribution in [0.1, 0.15) is 6.42 Å². The Labute approximate surface area is 104 Å².